The molecule has 1 heterocycles. The van der Waals surface area contributed by atoms with Crippen molar-refractivity contribution in [1.29, 1.82) is 0 Å². The topological polar surface area (TPSA) is 56.0 Å². The molecule has 0 unspecified atom stereocenters. The minimum absolute atomic E-state index is 0.419. The number of rotatable bonds is 1. The number of nitrogens with zero attached hydrogens (tertiary/aromatic N) is 1. The Morgan fingerprint density at radius 2 is 2.42 bits per heavy atom. The van der Waals surface area contributed by atoms with Crippen molar-refractivity contribution in [3.05, 3.63) is 35.2 Å². The molecule has 2 rings (SSSR count). The number of aromatic nitrogens is 1. The molecule has 1 amide bonds. The van der Waals surface area contributed by atoms with E-state index in [9.17, 15) is 4.79 Å². The third-order valence-corrected chi connectivity index (χ3v) is 1.90. The summed E-state index contributed by atoms with van der Waals surface area (Å²) >= 11 is 0. The van der Waals surface area contributed by atoms with E-state index in [1.807, 2.05) is 12.2 Å². The molecule has 1 aliphatic rings. The van der Waals surface area contributed by atoms with Crippen LogP contribution >= 0.6 is 0 Å². The number of primary amides is 1. The van der Waals surface area contributed by atoms with Crippen molar-refractivity contribution in [1.82, 2.24) is 4.98 Å². The molecule has 1 aromatic heterocycles. The predicted molar refractivity (Wildman–Crippen MR) is 45.5 cm³/mol. The van der Waals surface area contributed by atoms with E-state index in [1.165, 1.54) is 6.20 Å². The molecule has 60 valence electrons. The second-order valence-corrected chi connectivity index (χ2v) is 2.74. The van der Waals surface area contributed by atoms with E-state index < -0.39 is 5.91 Å². The Kier molecular flexibility index (Phi) is 1.43. The Morgan fingerprint density at radius 3 is 3.17 bits per heavy atom. The number of nitrogens with two attached hydrogens (primary N) is 1. The molecule has 0 saturated carbocycles. The average molecular weight is 160 g/mol. The summed E-state index contributed by atoms with van der Waals surface area (Å²) in [6.45, 7) is 0. The van der Waals surface area contributed by atoms with Gasteiger partial charge in [-0.25, -0.2) is 0 Å². The van der Waals surface area contributed by atoms with Gasteiger partial charge in [0.15, 0.2) is 0 Å². The summed E-state index contributed by atoms with van der Waals surface area (Å²) in [7, 11) is 0. The highest BCUT2D eigenvalue weighted by molar-refractivity contribution is 5.92. The van der Waals surface area contributed by atoms with Crippen LogP contribution in [-0.2, 0) is 6.42 Å². The second-order valence-electron chi connectivity index (χ2n) is 2.74. The quantitative estimate of drug-likeness (QED) is 0.659. The zero-order chi connectivity index (χ0) is 8.55. The molecule has 1 aliphatic carbocycles. The molecule has 2 N–H and O–H groups in total. The maximum atomic E-state index is 10.8. The lowest BCUT2D eigenvalue weighted by Crippen LogP contribution is -2.11. The van der Waals surface area contributed by atoms with E-state index >= 15 is 0 Å². The van der Waals surface area contributed by atoms with Gasteiger partial charge in [0.25, 0.3) is 0 Å². The van der Waals surface area contributed by atoms with Gasteiger partial charge in [-0.2, -0.15) is 0 Å². The number of carbonyl (C=O) groups excluding carboxylic acids is 1. The summed E-state index contributed by atoms with van der Waals surface area (Å²) in [4.78, 5) is 14.9. The van der Waals surface area contributed by atoms with Crippen LogP contribution in [0.3, 0.4) is 0 Å². The van der Waals surface area contributed by atoms with Crippen molar-refractivity contribution in [3.63, 3.8) is 0 Å². The van der Waals surface area contributed by atoms with Gasteiger partial charge in [0, 0.05) is 6.20 Å². The summed E-state index contributed by atoms with van der Waals surface area (Å²) in [5.74, 6) is -0.419. The first-order chi connectivity index (χ1) is 5.77. The largest absolute Gasteiger partial charge is 0.366 e. The third kappa shape index (κ3) is 0.993. The maximum Gasteiger partial charge on any atom is 0.250 e. The van der Waals surface area contributed by atoms with Crippen LogP contribution in [0.5, 0.6) is 0 Å². The average Bonchev–Trinajstić information content (AvgIpc) is 2.49. The van der Waals surface area contributed by atoms with Gasteiger partial charge in [-0.3, -0.25) is 9.78 Å². The lowest BCUT2D eigenvalue weighted by Gasteiger charge is -1.99. The number of amides is 1. The van der Waals surface area contributed by atoms with Crippen molar-refractivity contribution in [3.8, 4) is 0 Å². The van der Waals surface area contributed by atoms with Crippen molar-refractivity contribution in [2.75, 3.05) is 0 Å². The molecule has 1 aromatic rings. The summed E-state index contributed by atoms with van der Waals surface area (Å²) in [5.41, 5.74) is 7.61. The first-order valence-corrected chi connectivity index (χ1v) is 3.72. The number of fused-ring (bicyclic) bond motifs is 1. The van der Waals surface area contributed by atoms with Crippen LogP contribution in [-0.4, -0.2) is 10.9 Å². The fourth-order valence-corrected chi connectivity index (χ4v) is 1.27. The van der Waals surface area contributed by atoms with E-state index in [4.69, 9.17) is 5.73 Å². The standard InChI is InChI=1S/C9H8N2O/c10-9(12)7-4-6-2-1-3-8(6)11-5-7/h1,3-5H,2H2,(H2,10,12). The zero-order valence-electron chi connectivity index (χ0n) is 6.45. The van der Waals surface area contributed by atoms with Crippen molar-refractivity contribution in [2.45, 2.75) is 6.42 Å². The van der Waals surface area contributed by atoms with Crippen molar-refractivity contribution < 1.29 is 4.79 Å². The fraction of sp³-hybridized carbons (Fsp3) is 0.111. The first-order valence-electron chi connectivity index (χ1n) is 3.72. The Labute approximate surface area is 69.9 Å². The molecule has 0 saturated heterocycles. The number of hydrogen-bond acceptors (Lipinski definition) is 2. The van der Waals surface area contributed by atoms with E-state index in [1.54, 1.807) is 6.07 Å². The van der Waals surface area contributed by atoms with Gasteiger partial charge >= 0.3 is 0 Å². The van der Waals surface area contributed by atoms with E-state index in [-0.39, 0.29) is 0 Å². The zero-order valence-corrected chi connectivity index (χ0v) is 6.45. The van der Waals surface area contributed by atoms with E-state index in [0.717, 1.165) is 17.7 Å². The first kappa shape index (κ1) is 7.03. The summed E-state index contributed by atoms with van der Waals surface area (Å²) in [6, 6.07) is 1.80. The van der Waals surface area contributed by atoms with Gasteiger partial charge in [0.05, 0.1) is 11.3 Å². The van der Waals surface area contributed by atoms with Crippen LogP contribution in [0, 0.1) is 0 Å². The third-order valence-electron chi connectivity index (χ3n) is 1.90. The van der Waals surface area contributed by atoms with Crippen LogP contribution < -0.4 is 5.73 Å². The molecular weight excluding hydrogens is 152 g/mol. The molecule has 3 heteroatoms. The highest BCUT2D eigenvalue weighted by Crippen LogP contribution is 2.17. The smallest absolute Gasteiger partial charge is 0.250 e. The Morgan fingerprint density at radius 1 is 1.58 bits per heavy atom. The lowest BCUT2D eigenvalue weighted by atomic mass is 10.1. The van der Waals surface area contributed by atoms with Crippen LogP contribution in [0.1, 0.15) is 21.6 Å². The Bertz CT molecular complexity index is 369. The van der Waals surface area contributed by atoms with Crippen molar-refractivity contribution >= 4 is 12.0 Å². The van der Waals surface area contributed by atoms with Gasteiger partial charge in [0.2, 0.25) is 5.91 Å². The molecule has 0 aliphatic heterocycles. The van der Waals surface area contributed by atoms with Gasteiger partial charge in [-0.15, -0.1) is 0 Å². The molecule has 0 atom stereocenters. The lowest BCUT2D eigenvalue weighted by molar-refractivity contribution is 0.1000. The summed E-state index contributed by atoms with van der Waals surface area (Å²) in [6.07, 6.45) is 6.32. The van der Waals surface area contributed by atoms with Crippen LogP contribution in [0.4, 0.5) is 0 Å². The monoisotopic (exact) mass is 160 g/mol. The van der Waals surface area contributed by atoms with Gasteiger partial charge in [-0.05, 0) is 24.1 Å². The minimum Gasteiger partial charge on any atom is -0.366 e. The van der Waals surface area contributed by atoms with Crippen LogP contribution in [0.25, 0.3) is 6.08 Å². The molecule has 3 nitrogen and oxygen atoms in total. The number of allylic oxidation sites excluding steroid dienone is 1. The van der Waals surface area contributed by atoms with Gasteiger partial charge in [0.1, 0.15) is 0 Å². The second kappa shape index (κ2) is 2.44. The Hall–Kier alpha value is -1.64. The van der Waals surface area contributed by atoms with E-state index in [2.05, 4.69) is 4.98 Å². The van der Waals surface area contributed by atoms with E-state index in [0.29, 0.717) is 5.56 Å². The maximum absolute atomic E-state index is 10.8. The number of hydrogen-bond donors (Lipinski definition) is 1. The molecule has 0 radical (unpaired) electrons. The number of pyridine rings is 1. The summed E-state index contributed by atoms with van der Waals surface area (Å²) < 4.78 is 0. The minimum atomic E-state index is -0.419. The molecule has 0 spiro atoms. The SMILES string of the molecule is NC(=O)c1cnc2c(c1)CC=C2. The Balaban J connectivity index is 2.49. The van der Waals surface area contributed by atoms with Crippen LogP contribution in [0.15, 0.2) is 18.3 Å². The molecule has 12 heavy (non-hydrogen) atoms. The molecule has 0 bridgehead atoms. The normalized spacial score (nSPS) is 13.0. The molecule has 0 fully saturated rings. The number of carbonyl (C=O) groups is 1. The molecule has 0 aromatic carbocycles. The molecular formula is C9H8N2O. The van der Waals surface area contributed by atoms with Gasteiger partial charge in [-0.1, -0.05) is 6.08 Å². The van der Waals surface area contributed by atoms with Gasteiger partial charge < -0.3 is 5.73 Å². The highest BCUT2D eigenvalue weighted by Gasteiger charge is 2.08. The van der Waals surface area contributed by atoms with Crippen molar-refractivity contribution in [2.24, 2.45) is 5.73 Å². The van der Waals surface area contributed by atoms with Crippen LogP contribution in [0.2, 0.25) is 0 Å². The predicted octanol–water partition coefficient (Wildman–Crippen LogP) is 0.750. The fourth-order valence-electron chi connectivity index (χ4n) is 1.27. The summed E-state index contributed by atoms with van der Waals surface area (Å²) in [5, 5.41) is 0. The highest BCUT2D eigenvalue weighted by atomic mass is 16.1.